The largest absolute Gasteiger partial charge is 0.387 e. The normalized spacial score (nSPS) is 15.2. The van der Waals surface area contributed by atoms with E-state index in [1.807, 2.05) is 0 Å². The van der Waals surface area contributed by atoms with Gasteiger partial charge in [0.2, 0.25) is 0 Å². The predicted molar refractivity (Wildman–Crippen MR) is 82.6 cm³/mol. The molecule has 20 heavy (non-hydrogen) atoms. The van der Waals surface area contributed by atoms with Crippen LogP contribution in [0.4, 0.5) is 4.39 Å². The van der Waals surface area contributed by atoms with Gasteiger partial charge in [-0.05, 0) is 46.4 Å². The molecule has 0 unspecified atom stereocenters. The van der Waals surface area contributed by atoms with Crippen LogP contribution in [0.5, 0.6) is 0 Å². The van der Waals surface area contributed by atoms with Crippen LogP contribution < -0.4 is 5.73 Å². The molecule has 0 aromatic carbocycles. The molecule has 0 bridgehead atoms. The topological polar surface area (TPSA) is 90.3 Å². The summed E-state index contributed by atoms with van der Waals surface area (Å²) in [7, 11) is 6.76. The number of halogens is 1. The third-order valence-corrected chi connectivity index (χ3v) is 2.69. The first-order valence-electron chi connectivity index (χ1n) is 6.01. The van der Waals surface area contributed by atoms with Gasteiger partial charge in [-0.1, -0.05) is 18.1 Å². The van der Waals surface area contributed by atoms with E-state index in [4.69, 9.17) is 23.5 Å². The van der Waals surface area contributed by atoms with Gasteiger partial charge >= 0.3 is 0 Å². The van der Waals surface area contributed by atoms with Gasteiger partial charge in [0.05, 0.1) is 16.9 Å². The Morgan fingerprint density at radius 3 is 1.75 bits per heavy atom. The lowest BCUT2D eigenvalue weighted by Gasteiger charge is -2.31. The number of nitrogens with one attached hydrogen (secondary N) is 1. The number of aliphatic hydroxyl groups is 2. The van der Waals surface area contributed by atoms with Crippen molar-refractivity contribution in [1.82, 2.24) is 0 Å². The number of rotatable bonds is 1. The van der Waals surface area contributed by atoms with Crippen molar-refractivity contribution >= 4 is 13.6 Å². The molecular formula is C14H24BFN2O2. The van der Waals surface area contributed by atoms with E-state index in [2.05, 4.69) is 12.3 Å². The second-order valence-corrected chi connectivity index (χ2v) is 5.15. The van der Waals surface area contributed by atoms with Crippen molar-refractivity contribution in [2.24, 2.45) is 5.73 Å². The SMILES string of the molecule is CC(C)(O)C(C)(C)O.CN.[B]C1=CC(=C)C(=N)C(F)=C1. The van der Waals surface area contributed by atoms with Crippen LogP contribution in [0.1, 0.15) is 27.7 Å². The standard InChI is InChI=1S/C7H5BFN.C6H14O2.CH5N/c1-4-2-5(8)3-6(9)7(4)10;1-5(2,7)6(3,4)8;1-2/h2-3,10H,1H2;7-8H,1-4H3;2H2,1H3. The molecule has 0 aromatic heterocycles. The Labute approximate surface area is 121 Å². The molecule has 0 heterocycles. The highest BCUT2D eigenvalue weighted by atomic mass is 19.1. The van der Waals surface area contributed by atoms with Crippen molar-refractivity contribution in [1.29, 1.82) is 5.41 Å². The van der Waals surface area contributed by atoms with Gasteiger partial charge in [-0.3, -0.25) is 5.41 Å². The Kier molecular flexibility index (Phi) is 8.58. The van der Waals surface area contributed by atoms with Crippen molar-refractivity contribution in [2.75, 3.05) is 7.05 Å². The molecule has 0 spiro atoms. The van der Waals surface area contributed by atoms with Gasteiger partial charge < -0.3 is 15.9 Å². The molecular weight excluding hydrogens is 258 g/mol. The first-order chi connectivity index (χ1) is 8.86. The fourth-order valence-corrected chi connectivity index (χ4v) is 0.687. The Hall–Kier alpha value is -1.24. The number of hydrogen-bond acceptors (Lipinski definition) is 4. The van der Waals surface area contributed by atoms with Gasteiger partial charge in [-0.15, -0.1) is 0 Å². The van der Waals surface area contributed by atoms with Crippen molar-refractivity contribution < 1.29 is 14.6 Å². The number of allylic oxidation sites excluding steroid dienone is 5. The molecule has 1 aliphatic carbocycles. The maximum Gasteiger partial charge on any atom is 0.148 e. The van der Waals surface area contributed by atoms with Gasteiger partial charge in [0, 0.05) is 0 Å². The summed E-state index contributed by atoms with van der Waals surface area (Å²) in [5.41, 5.74) is 2.92. The summed E-state index contributed by atoms with van der Waals surface area (Å²) in [6, 6.07) is 0. The molecule has 6 heteroatoms. The van der Waals surface area contributed by atoms with E-state index < -0.39 is 17.0 Å². The monoisotopic (exact) mass is 282 g/mol. The van der Waals surface area contributed by atoms with Crippen LogP contribution in [-0.2, 0) is 0 Å². The lowest BCUT2D eigenvalue weighted by Crippen LogP contribution is -2.44. The summed E-state index contributed by atoms with van der Waals surface area (Å²) in [4.78, 5) is 0. The molecule has 112 valence electrons. The average molecular weight is 282 g/mol. The van der Waals surface area contributed by atoms with Gasteiger partial charge in [-0.2, -0.15) is 0 Å². The van der Waals surface area contributed by atoms with E-state index in [1.165, 1.54) is 13.1 Å². The lowest BCUT2D eigenvalue weighted by atomic mass is 9.88. The van der Waals surface area contributed by atoms with E-state index >= 15 is 0 Å². The molecule has 4 nitrogen and oxygen atoms in total. The summed E-state index contributed by atoms with van der Waals surface area (Å²) in [6.07, 6.45) is 2.57. The van der Waals surface area contributed by atoms with Crippen molar-refractivity contribution in [3.63, 3.8) is 0 Å². The summed E-state index contributed by atoms with van der Waals surface area (Å²) >= 11 is 0. The van der Waals surface area contributed by atoms with Crippen LogP contribution in [0.15, 0.2) is 35.6 Å². The maximum absolute atomic E-state index is 12.5. The van der Waals surface area contributed by atoms with E-state index in [1.54, 1.807) is 27.7 Å². The second kappa shape index (κ2) is 8.14. The van der Waals surface area contributed by atoms with Gasteiger partial charge in [-0.25, -0.2) is 4.39 Å². The van der Waals surface area contributed by atoms with Crippen LogP contribution in [0, 0.1) is 5.41 Å². The predicted octanol–water partition coefficient (Wildman–Crippen LogP) is 1.58. The summed E-state index contributed by atoms with van der Waals surface area (Å²) in [6.45, 7) is 9.74. The minimum absolute atomic E-state index is 0.186. The Balaban J connectivity index is 0. The van der Waals surface area contributed by atoms with Gasteiger partial charge in [0.15, 0.2) is 0 Å². The molecule has 1 rings (SSSR count). The fourth-order valence-electron chi connectivity index (χ4n) is 0.687. The lowest BCUT2D eigenvalue weighted by molar-refractivity contribution is -0.107. The van der Waals surface area contributed by atoms with Crippen molar-refractivity contribution in [2.45, 2.75) is 38.9 Å². The average Bonchev–Trinajstić information content (AvgIpc) is 2.26. The Morgan fingerprint density at radius 1 is 1.15 bits per heavy atom. The smallest absolute Gasteiger partial charge is 0.148 e. The summed E-state index contributed by atoms with van der Waals surface area (Å²) in [5.74, 6) is -0.620. The molecule has 2 radical (unpaired) electrons. The molecule has 0 atom stereocenters. The second-order valence-electron chi connectivity index (χ2n) is 5.15. The van der Waals surface area contributed by atoms with E-state index in [-0.39, 0.29) is 5.71 Å². The van der Waals surface area contributed by atoms with Gasteiger partial charge in [0.25, 0.3) is 0 Å². The number of nitrogens with two attached hydrogens (primary N) is 1. The Bertz CT molecular complexity index is 401. The Morgan fingerprint density at radius 2 is 1.50 bits per heavy atom. The van der Waals surface area contributed by atoms with E-state index in [0.717, 1.165) is 6.08 Å². The third-order valence-electron chi connectivity index (χ3n) is 2.69. The quantitative estimate of drug-likeness (QED) is 0.550. The molecule has 0 aromatic rings. The van der Waals surface area contributed by atoms with Crippen LogP contribution in [0.2, 0.25) is 0 Å². The van der Waals surface area contributed by atoms with E-state index in [0.29, 0.717) is 11.0 Å². The highest BCUT2D eigenvalue weighted by molar-refractivity contribution is 6.27. The zero-order valence-electron chi connectivity index (χ0n) is 12.8. The molecule has 0 saturated carbocycles. The molecule has 0 aliphatic heterocycles. The minimum atomic E-state index is -1.01. The maximum atomic E-state index is 12.5. The summed E-state index contributed by atoms with van der Waals surface area (Å²) < 4.78 is 12.5. The van der Waals surface area contributed by atoms with E-state index in [9.17, 15) is 4.39 Å². The molecule has 1 aliphatic rings. The van der Waals surface area contributed by atoms with Crippen molar-refractivity contribution in [3.05, 3.63) is 35.6 Å². The highest BCUT2D eigenvalue weighted by Crippen LogP contribution is 2.19. The van der Waals surface area contributed by atoms with Crippen molar-refractivity contribution in [3.8, 4) is 0 Å². The fraction of sp³-hybridized carbons (Fsp3) is 0.500. The minimum Gasteiger partial charge on any atom is -0.387 e. The molecule has 0 fully saturated rings. The first kappa shape index (κ1) is 21.1. The third kappa shape index (κ3) is 7.38. The first-order valence-corrected chi connectivity index (χ1v) is 6.01. The number of hydrogen-bond donors (Lipinski definition) is 4. The molecule has 0 saturated heterocycles. The van der Waals surface area contributed by atoms with Crippen LogP contribution in [0.3, 0.4) is 0 Å². The zero-order valence-corrected chi connectivity index (χ0v) is 12.8. The zero-order chi connectivity index (χ0) is 16.7. The molecule has 0 amide bonds. The van der Waals surface area contributed by atoms with Crippen LogP contribution in [0.25, 0.3) is 0 Å². The van der Waals surface area contributed by atoms with Crippen LogP contribution >= 0.6 is 0 Å². The molecule has 5 N–H and O–H groups in total. The highest BCUT2D eigenvalue weighted by Gasteiger charge is 2.31. The van der Waals surface area contributed by atoms with Crippen LogP contribution in [-0.4, -0.2) is 42.0 Å². The summed E-state index contributed by atoms with van der Waals surface area (Å²) in [5, 5.41) is 25.3. The van der Waals surface area contributed by atoms with Gasteiger partial charge in [0.1, 0.15) is 13.7 Å².